The molecule has 7 heteroatoms. The number of methoxy groups -OCH3 is 3. The molecule has 0 fully saturated rings. The van der Waals surface area contributed by atoms with E-state index in [4.69, 9.17) is 18.6 Å². The Labute approximate surface area is 167 Å². The molecule has 0 saturated carbocycles. The number of benzene rings is 2. The van der Waals surface area contributed by atoms with E-state index < -0.39 is 17.7 Å². The van der Waals surface area contributed by atoms with Gasteiger partial charge in [0.1, 0.15) is 22.8 Å². The molecule has 0 spiro atoms. The molecule has 0 bridgehead atoms. The van der Waals surface area contributed by atoms with Crippen LogP contribution in [0.1, 0.15) is 12.5 Å². The van der Waals surface area contributed by atoms with Crippen molar-refractivity contribution in [1.82, 2.24) is 0 Å². The van der Waals surface area contributed by atoms with Gasteiger partial charge in [0.05, 0.1) is 26.9 Å². The van der Waals surface area contributed by atoms with Crippen molar-refractivity contribution < 1.29 is 28.2 Å². The topological polar surface area (TPSA) is 84.2 Å². The number of aryl methyl sites for hydroxylation is 1. The minimum absolute atomic E-state index is 0.384. The minimum atomic E-state index is -0.769. The van der Waals surface area contributed by atoms with Crippen LogP contribution in [0.5, 0.6) is 17.2 Å². The Morgan fingerprint density at radius 3 is 2.38 bits per heavy atom. The van der Waals surface area contributed by atoms with Crippen LogP contribution in [0.25, 0.3) is 22.1 Å². The summed E-state index contributed by atoms with van der Waals surface area (Å²) in [6.07, 6.45) is -0.769. The van der Waals surface area contributed by atoms with E-state index in [0.29, 0.717) is 44.9 Å². The van der Waals surface area contributed by atoms with Gasteiger partial charge in [-0.05, 0) is 49.7 Å². The SMILES string of the molecule is COC(=O)C(C)Oc1ccc2oc(=O)c(-c3ccc(OC)cc3OC)c(C)c2c1. The van der Waals surface area contributed by atoms with Crippen LogP contribution in [0.2, 0.25) is 0 Å². The number of rotatable bonds is 6. The normalized spacial score (nSPS) is 11.8. The van der Waals surface area contributed by atoms with Crippen LogP contribution in [0.3, 0.4) is 0 Å². The highest BCUT2D eigenvalue weighted by molar-refractivity contribution is 5.89. The molecule has 3 rings (SSSR count). The highest BCUT2D eigenvalue weighted by Crippen LogP contribution is 2.36. The van der Waals surface area contributed by atoms with Gasteiger partial charge < -0.3 is 23.4 Å². The van der Waals surface area contributed by atoms with Crippen molar-refractivity contribution in [2.75, 3.05) is 21.3 Å². The Balaban J connectivity index is 2.14. The van der Waals surface area contributed by atoms with E-state index in [9.17, 15) is 9.59 Å². The van der Waals surface area contributed by atoms with Gasteiger partial charge in [0, 0.05) is 17.0 Å². The first-order chi connectivity index (χ1) is 13.9. The van der Waals surface area contributed by atoms with E-state index in [1.165, 1.54) is 14.2 Å². The van der Waals surface area contributed by atoms with Crippen LogP contribution in [-0.2, 0) is 9.53 Å². The molecule has 0 aliphatic rings. The van der Waals surface area contributed by atoms with Gasteiger partial charge in [-0.15, -0.1) is 0 Å². The summed E-state index contributed by atoms with van der Waals surface area (Å²) in [6, 6.07) is 10.2. The molecule has 1 unspecified atom stereocenters. The quantitative estimate of drug-likeness (QED) is 0.462. The van der Waals surface area contributed by atoms with Gasteiger partial charge >= 0.3 is 11.6 Å². The molecule has 0 saturated heterocycles. The molecule has 29 heavy (non-hydrogen) atoms. The second kappa shape index (κ2) is 8.26. The van der Waals surface area contributed by atoms with Gasteiger partial charge in [-0.25, -0.2) is 9.59 Å². The van der Waals surface area contributed by atoms with Crippen molar-refractivity contribution in [2.45, 2.75) is 20.0 Å². The van der Waals surface area contributed by atoms with E-state index in [-0.39, 0.29) is 0 Å². The minimum Gasteiger partial charge on any atom is -0.497 e. The molecule has 1 aromatic heterocycles. The lowest BCUT2D eigenvalue weighted by molar-refractivity contribution is -0.147. The molecular weight excluding hydrogens is 376 g/mol. The summed E-state index contributed by atoms with van der Waals surface area (Å²) < 4.78 is 26.5. The molecule has 152 valence electrons. The van der Waals surface area contributed by atoms with Crippen LogP contribution in [0.4, 0.5) is 0 Å². The maximum Gasteiger partial charge on any atom is 0.346 e. The van der Waals surface area contributed by atoms with Crippen LogP contribution in [-0.4, -0.2) is 33.4 Å². The number of ether oxygens (including phenoxy) is 4. The fourth-order valence-corrected chi connectivity index (χ4v) is 3.14. The number of hydrogen-bond acceptors (Lipinski definition) is 7. The zero-order valence-corrected chi connectivity index (χ0v) is 16.9. The fraction of sp³-hybridized carbons (Fsp3) is 0.273. The van der Waals surface area contributed by atoms with Gasteiger partial charge in [-0.1, -0.05) is 0 Å². The van der Waals surface area contributed by atoms with Crippen molar-refractivity contribution in [3.05, 3.63) is 52.4 Å². The summed E-state index contributed by atoms with van der Waals surface area (Å²) in [5.74, 6) is 1.08. The van der Waals surface area contributed by atoms with Crippen molar-refractivity contribution in [2.24, 2.45) is 0 Å². The smallest absolute Gasteiger partial charge is 0.346 e. The summed E-state index contributed by atoms with van der Waals surface area (Å²) in [5.41, 5.74) is 1.62. The average molecular weight is 398 g/mol. The maximum absolute atomic E-state index is 12.7. The Bertz CT molecular complexity index is 1110. The van der Waals surface area contributed by atoms with Crippen LogP contribution in [0.15, 0.2) is 45.6 Å². The van der Waals surface area contributed by atoms with Crippen molar-refractivity contribution in [3.63, 3.8) is 0 Å². The highest BCUT2D eigenvalue weighted by atomic mass is 16.6. The third-order valence-electron chi connectivity index (χ3n) is 4.66. The second-order valence-corrected chi connectivity index (χ2v) is 6.40. The molecule has 0 aliphatic carbocycles. The first kappa shape index (κ1) is 20.3. The number of esters is 1. The molecule has 0 N–H and O–H groups in total. The van der Waals surface area contributed by atoms with Gasteiger partial charge in [0.2, 0.25) is 0 Å². The summed E-state index contributed by atoms with van der Waals surface area (Å²) >= 11 is 0. The lowest BCUT2D eigenvalue weighted by Crippen LogP contribution is -2.24. The van der Waals surface area contributed by atoms with E-state index in [0.717, 1.165) is 0 Å². The van der Waals surface area contributed by atoms with E-state index >= 15 is 0 Å². The molecule has 0 aliphatic heterocycles. The largest absolute Gasteiger partial charge is 0.497 e. The van der Waals surface area contributed by atoms with E-state index in [1.807, 2.05) is 6.92 Å². The molecule has 0 radical (unpaired) electrons. The predicted molar refractivity (Wildman–Crippen MR) is 108 cm³/mol. The van der Waals surface area contributed by atoms with Crippen LogP contribution in [0, 0.1) is 6.92 Å². The highest BCUT2D eigenvalue weighted by Gasteiger charge is 2.19. The lowest BCUT2D eigenvalue weighted by Gasteiger charge is -2.15. The van der Waals surface area contributed by atoms with Gasteiger partial charge in [-0.2, -0.15) is 0 Å². The molecule has 1 heterocycles. The third-order valence-corrected chi connectivity index (χ3v) is 4.66. The Morgan fingerprint density at radius 2 is 1.72 bits per heavy atom. The summed E-state index contributed by atoms with van der Waals surface area (Å²) in [4.78, 5) is 24.3. The van der Waals surface area contributed by atoms with Crippen molar-refractivity contribution in [1.29, 1.82) is 0 Å². The molecule has 0 amide bonds. The number of fused-ring (bicyclic) bond motifs is 1. The first-order valence-corrected chi connectivity index (χ1v) is 8.94. The average Bonchev–Trinajstić information content (AvgIpc) is 2.73. The molecule has 3 aromatic rings. The lowest BCUT2D eigenvalue weighted by atomic mass is 9.98. The summed E-state index contributed by atoms with van der Waals surface area (Å²) in [5, 5.41) is 0.687. The summed E-state index contributed by atoms with van der Waals surface area (Å²) in [7, 11) is 4.38. The standard InChI is InChI=1S/C22H22O7/c1-12-17-10-15(28-13(2)21(23)27-5)7-9-18(17)29-22(24)20(12)16-8-6-14(25-3)11-19(16)26-4/h6-11,13H,1-5H3. The van der Waals surface area contributed by atoms with E-state index in [2.05, 4.69) is 4.74 Å². The van der Waals surface area contributed by atoms with Crippen LogP contribution >= 0.6 is 0 Å². The monoisotopic (exact) mass is 398 g/mol. The maximum atomic E-state index is 12.7. The Kier molecular flexibility index (Phi) is 5.77. The Morgan fingerprint density at radius 1 is 1.00 bits per heavy atom. The Hall–Kier alpha value is -3.48. The van der Waals surface area contributed by atoms with Gasteiger partial charge in [0.15, 0.2) is 6.10 Å². The zero-order valence-electron chi connectivity index (χ0n) is 16.9. The van der Waals surface area contributed by atoms with Crippen molar-refractivity contribution in [3.8, 4) is 28.4 Å². The second-order valence-electron chi connectivity index (χ2n) is 6.40. The summed E-state index contributed by atoms with van der Waals surface area (Å²) in [6.45, 7) is 3.42. The van der Waals surface area contributed by atoms with Gasteiger partial charge in [-0.3, -0.25) is 0 Å². The van der Waals surface area contributed by atoms with Crippen LogP contribution < -0.4 is 19.8 Å². The fourth-order valence-electron chi connectivity index (χ4n) is 3.14. The van der Waals surface area contributed by atoms with Gasteiger partial charge in [0.25, 0.3) is 0 Å². The molecule has 2 aromatic carbocycles. The molecule has 7 nitrogen and oxygen atoms in total. The number of hydrogen-bond donors (Lipinski definition) is 0. The predicted octanol–water partition coefficient (Wildman–Crippen LogP) is 3.73. The molecule has 1 atom stereocenters. The first-order valence-electron chi connectivity index (χ1n) is 8.94. The molecular formula is C22H22O7. The zero-order chi connectivity index (χ0) is 21.1. The van der Waals surface area contributed by atoms with E-state index in [1.54, 1.807) is 50.4 Å². The number of carbonyl (C=O) groups excluding carboxylic acids is 1. The van der Waals surface area contributed by atoms with Crippen molar-refractivity contribution >= 4 is 16.9 Å². The third kappa shape index (κ3) is 3.89. The number of carbonyl (C=O) groups is 1.